The van der Waals surface area contributed by atoms with Gasteiger partial charge in [0.25, 0.3) is 0 Å². The van der Waals surface area contributed by atoms with Crippen LogP contribution < -0.4 is 31.8 Å². The first-order valence-corrected chi connectivity index (χ1v) is 15.4. The summed E-state index contributed by atoms with van der Waals surface area (Å²) in [5.41, 5.74) is 0. The van der Waals surface area contributed by atoms with Crippen LogP contribution in [-0.2, 0) is 21.6 Å². The van der Waals surface area contributed by atoms with E-state index in [2.05, 4.69) is 84.9 Å². The second-order valence-electron chi connectivity index (χ2n) is 8.57. The van der Waals surface area contributed by atoms with E-state index in [9.17, 15) is 4.57 Å². The van der Waals surface area contributed by atoms with Gasteiger partial charge in [0.15, 0.2) is 0 Å². The van der Waals surface area contributed by atoms with Gasteiger partial charge in [0, 0.05) is 27.7 Å². The molecule has 6 aromatic carbocycles. The van der Waals surface area contributed by atoms with Crippen LogP contribution in [0.2, 0.25) is 0 Å². The Morgan fingerprint density at radius 2 is 0.789 bits per heavy atom. The fourth-order valence-electron chi connectivity index (χ4n) is 4.41. The van der Waals surface area contributed by atoms with Gasteiger partial charge >= 0.3 is 0 Å². The van der Waals surface area contributed by atoms with Crippen LogP contribution in [0, 0.1) is 0 Å². The Bertz CT molecular complexity index is 1430. The van der Waals surface area contributed by atoms with Crippen LogP contribution in [-0.4, -0.2) is 0 Å². The molecule has 0 amide bonds. The molecule has 0 heterocycles. The Hall–Kier alpha value is -3.24. The van der Waals surface area contributed by atoms with Crippen molar-refractivity contribution in [2.45, 2.75) is 0 Å². The van der Waals surface area contributed by atoms with E-state index in [1.165, 1.54) is 15.9 Å². The summed E-state index contributed by atoms with van der Waals surface area (Å²) in [4.78, 5) is 0. The van der Waals surface area contributed by atoms with Crippen molar-refractivity contribution in [3.63, 3.8) is 0 Å². The first kappa shape index (κ1) is 27.8. The number of hydrogen-bond donors (Lipinski definition) is 0. The molecule has 0 spiro atoms. The first-order chi connectivity index (χ1) is 18.3. The number of hydrogen-bond acceptors (Lipinski definition) is 1. The van der Waals surface area contributed by atoms with Crippen LogP contribution in [0.3, 0.4) is 0 Å². The molecule has 6 aromatic rings. The molecule has 190 valence electrons. The molecule has 6 rings (SSSR count). The van der Waals surface area contributed by atoms with Gasteiger partial charge in [-0.1, -0.05) is 135 Å². The Kier molecular flexibility index (Phi) is 9.89. The van der Waals surface area contributed by atoms with Crippen molar-refractivity contribution in [1.82, 2.24) is 0 Å². The molecule has 38 heavy (non-hydrogen) atoms. The molecule has 0 aromatic heterocycles. The zero-order chi connectivity index (χ0) is 25.3. The monoisotopic (exact) mass is 570 g/mol. The summed E-state index contributed by atoms with van der Waals surface area (Å²) in [6.07, 6.45) is 0. The van der Waals surface area contributed by atoms with E-state index in [0.29, 0.717) is 0 Å². The van der Waals surface area contributed by atoms with E-state index < -0.39 is 15.1 Å². The van der Waals surface area contributed by atoms with Crippen molar-refractivity contribution < 1.29 is 21.6 Å². The Morgan fingerprint density at radius 1 is 0.447 bits per heavy atom. The predicted octanol–water partition coefficient (Wildman–Crippen LogP) is 6.21. The topological polar surface area (TPSA) is 17.1 Å². The van der Waals surface area contributed by atoms with Crippen molar-refractivity contribution in [2.75, 3.05) is 0 Å². The molecule has 0 N–H and O–H groups in total. The number of benzene rings is 4. The first-order valence-electron chi connectivity index (χ1n) is 12.3. The maximum atomic E-state index is 13.7. The van der Waals surface area contributed by atoms with Crippen molar-refractivity contribution in [1.29, 1.82) is 0 Å². The molecule has 0 saturated carbocycles. The summed E-state index contributed by atoms with van der Waals surface area (Å²) in [6.45, 7) is 0. The Labute approximate surface area is 237 Å². The van der Waals surface area contributed by atoms with Crippen LogP contribution in [0.25, 0.3) is 0 Å². The van der Waals surface area contributed by atoms with E-state index in [0.717, 1.165) is 15.9 Å². The summed E-state index contributed by atoms with van der Waals surface area (Å²) in [6, 6.07) is 57.4. The average molecular weight is 570 g/mol. The minimum Gasteiger partial charge on any atom is -0.322 e. The molecule has 1 nitrogen and oxygen atoms in total. The molecule has 0 saturated heterocycles. The van der Waals surface area contributed by atoms with Crippen molar-refractivity contribution in [3.8, 4) is 0 Å². The minimum atomic E-state index is -2.73. The van der Waals surface area contributed by atoms with Crippen LogP contribution in [0.15, 0.2) is 170 Å². The fourth-order valence-corrected chi connectivity index (χ4v) is 9.39. The van der Waals surface area contributed by atoms with Crippen molar-refractivity contribution >= 4 is 46.9 Å². The Morgan fingerprint density at radius 3 is 1.18 bits per heavy atom. The second kappa shape index (κ2) is 13.5. The van der Waals surface area contributed by atoms with Gasteiger partial charge in [0.2, 0.25) is 0 Å². The normalized spacial score (nSPS) is 10.8. The van der Waals surface area contributed by atoms with E-state index in [1.54, 1.807) is 0 Å². The number of rotatable bonds is 6. The van der Waals surface area contributed by atoms with Gasteiger partial charge in [-0.2, -0.15) is 24.3 Å². The van der Waals surface area contributed by atoms with Gasteiger partial charge in [-0.15, -0.1) is 5.30 Å². The summed E-state index contributed by atoms with van der Waals surface area (Å²) in [7, 11) is -3.14. The van der Waals surface area contributed by atoms with Crippen molar-refractivity contribution in [3.05, 3.63) is 170 Å². The van der Waals surface area contributed by atoms with E-state index in [-0.39, 0.29) is 17.1 Å². The third-order valence-electron chi connectivity index (χ3n) is 6.18. The van der Waals surface area contributed by atoms with Gasteiger partial charge < -0.3 is 4.57 Å². The maximum Gasteiger partial charge on any atom is 0.122 e. The van der Waals surface area contributed by atoms with Gasteiger partial charge in [0.1, 0.15) is 7.14 Å². The van der Waals surface area contributed by atoms with Crippen LogP contribution in [0.4, 0.5) is 0 Å². The van der Waals surface area contributed by atoms with Crippen molar-refractivity contribution in [2.24, 2.45) is 0 Å². The molecular formula is C34H28FeOP2-2. The molecule has 0 bridgehead atoms. The SMILES string of the molecule is O=P(c1ccccc1)(c1ccccc1)[c-]1cccc1.[Fe].c1ccc(P(c2ccccc2)[c-]2cccc2)cc1. The van der Waals surface area contributed by atoms with Crippen LogP contribution >= 0.6 is 15.1 Å². The molecule has 0 fully saturated rings. The van der Waals surface area contributed by atoms with Crippen LogP contribution in [0.1, 0.15) is 0 Å². The molecular weight excluding hydrogens is 542 g/mol. The molecule has 0 atom stereocenters. The third kappa shape index (κ3) is 6.24. The van der Waals surface area contributed by atoms with Gasteiger partial charge in [-0.25, -0.2) is 24.3 Å². The van der Waals surface area contributed by atoms with Gasteiger partial charge in [0.05, 0.1) is 0 Å². The zero-order valence-corrected chi connectivity index (χ0v) is 23.7. The van der Waals surface area contributed by atoms with E-state index in [1.807, 2.05) is 84.9 Å². The Balaban J connectivity index is 0.000000173. The summed E-state index contributed by atoms with van der Waals surface area (Å²) in [5.74, 6) is 0. The maximum absolute atomic E-state index is 13.7. The molecule has 0 aliphatic carbocycles. The standard InChI is InChI=1S/C17H14OP.C17H14P.Fe/c18-19(17-13-7-8-14-17,15-9-3-1-4-10-15)16-11-5-2-6-12-16;1-3-9-15(10-4-1)18(17-13-7-8-14-17)16-11-5-2-6-12-16;/h1-14H;1-14H;/q2*-1;. The predicted molar refractivity (Wildman–Crippen MR) is 162 cm³/mol. The summed E-state index contributed by atoms with van der Waals surface area (Å²) >= 11 is 0. The molecule has 4 heteroatoms. The fraction of sp³-hybridized carbons (Fsp3) is 0. The van der Waals surface area contributed by atoms with Crippen LogP contribution in [0.5, 0.6) is 0 Å². The molecule has 0 radical (unpaired) electrons. The van der Waals surface area contributed by atoms with Gasteiger partial charge in [-0.05, 0) is 10.6 Å². The molecule has 0 aliphatic heterocycles. The zero-order valence-electron chi connectivity index (χ0n) is 20.8. The quantitative estimate of drug-likeness (QED) is 0.132. The second-order valence-corrected chi connectivity index (χ2v) is 13.6. The average Bonchev–Trinajstić information content (AvgIpc) is 3.71. The molecule has 0 aliphatic rings. The van der Waals surface area contributed by atoms with E-state index in [4.69, 9.17) is 0 Å². The largest absolute Gasteiger partial charge is 0.322 e. The van der Waals surface area contributed by atoms with Gasteiger partial charge in [-0.3, -0.25) is 0 Å². The minimum absolute atomic E-state index is 0. The summed E-state index contributed by atoms with van der Waals surface area (Å²) < 4.78 is 13.7. The molecule has 0 unspecified atom stereocenters. The smallest absolute Gasteiger partial charge is 0.122 e. The summed E-state index contributed by atoms with van der Waals surface area (Å²) in [5, 5.41) is 6.89. The third-order valence-corrected chi connectivity index (χ3v) is 11.7. The van der Waals surface area contributed by atoms with E-state index >= 15 is 0 Å².